The fraction of sp³-hybridized carbons (Fsp3) is 0.267. The fourth-order valence-corrected chi connectivity index (χ4v) is 2.73. The molecule has 0 aliphatic rings. The van der Waals surface area contributed by atoms with E-state index in [1.54, 1.807) is 11.3 Å². The molecule has 0 saturated heterocycles. The Morgan fingerprint density at radius 2 is 1.71 bits per heavy atom. The molecule has 0 atom stereocenters. The van der Waals surface area contributed by atoms with Crippen LogP contribution in [-0.2, 0) is 0 Å². The summed E-state index contributed by atoms with van der Waals surface area (Å²) in [6, 6.07) is 12.4. The quantitative estimate of drug-likeness (QED) is 0.723. The van der Waals surface area contributed by atoms with Gasteiger partial charge in [-0.25, -0.2) is 0 Å². The number of carbonyl (C=O) groups excluding carboxylic acids is 1. The fourth-order valence-electron chi connectivity index (χ4n) is 1.63. The zero-order valence-corrected chi connectivity index (χ0v) is 11.2. The SMILES string of the molecule is Cc1ccc(-c2ccc(C(=O)C(C)C)s2)cc1. The van der Waals surface area contributed by atoms with Crippen LogP contribution in [0.15, 0.2) is 36.4 Å². The van der Waals surface area contributed by atoms with Gasteiger partial charge in [-0.15, -0.1) is 11.3 Å². The molecule has 0 bridgehead atoms. The maximum Gasteiger partial charge on any atom is 0.175 e. The summed E-state index contributed by atoms with van der Waals surface area (Å²) in [4.78, 5) is 13.9. The molecule has 2 rings (SSSR count). The molecule has 1 aromatic carbocycles. The number of aryl methyl sites for hydroxylation is 1. The molecular weight excluding hydrogens is 228 g/mol. The third-order valence-corrected chi connectivity index (χ3v) is 3.86. The summed E-state index contributed by atoms with van der Waals surface area (Å²) in [6.45, 7) is 5.95. The first-order chi connectivity index (χ1) is 8.08. The minimum Gasteiger partial charge on any atom is -0.293 e. The van der Waals surface area contributed by atoms with Gasteiger partial charge in [0.2, 0.25) is 0 Å². The summed E-state index contributed by atoms with van der Waals surface area (Å²) < 4.78 is 0. The molecule has 0 saturated carbocycles. The highest BCUT2D eigenvalue weighted by atomic mass is 32.1. The standard InChI is InChI=1S/C15H16OS/c1-10(2)15(16)14-9-8-13(17-14)12-6-4-11(3)5-7-12/h4-10H,1-3H3. The molecule has 1 nitrogen and oxygen atoms in total. The van der Waals surface area contributed by atoms with Crippen LogP contribution in [0.25, 0.3) is 10.4 Å². The van der Waals surface area contributed by atoms with Gasteiger partial charge >= 0.3 is 0 Å². The Balaban J connectivity index is 2.30. The smallest absolute Gasteiger partial charge is 0.175 e. The van der Waals surface area contributed by atoms with Gasteiger partial charge in [0.1, 0.15) is 0 Å². The molecule has 0 aliphatic carbocycles. The average Bonchev–Trinajstić information content (AvgIpc) is 2.78. The maximum atomic E-state index is 11.9. The normalized spacial score (nSPS) is 10.8. The van der Waals surface area contributed by atoms with Crippen molar-refractivity contribution in [2.75, 3.05) is 0 Å². The van der Waals surface area contributed by atoms with Gasteiger partial charge in [-0.2, -0.15) is 0 Å². The van der Waals surface area contributed by atoms with E-state index >= 15 is 0 Å². The number of rotatable bonds is 3. The molecule has 17 heavy (non-hydrogen) atoms. The van der Waals surface area contributed by atoms with Crippen molar-refractivity contribution in [2.24, 2.45) is 5.92 Å². The van der Waals surface area contributed by atoms with Crippen molar-refractivity contribution in [3.8, 4) is 10.4 Å². The van der Waals surface area contributed by atoms with Crippen molar-refractivity contribution in [2.45, 2.75) is 20.8 Å². The van der Waals surface area contributed by atoms with Crippen molar-refractivity contribution in [3.05, 3.63) is 46.8 Å². The van der Waals surface area contributed by atoms with E-state index in [1.807, 2.05) is 26.0 Å². The van der Waals surface area contributed by atoms with Crippen LogP contribution in [0.4, 0.5) is 0 Å². The lowest BCUT2D eigenvalue weighted by atomic mass is 10.1. The first-order valence-electron chi connectivity index (χ1n) is 5.79. The van der Waals surface area contributed by atoms with E-state index in [4.69, 9.17) is 0 Å². The molecule has 0 spiro atoms. The summed E-state index contributed by atoms with van der Waals surface area (Å²) in [6.07, 6.45) is 0. The summed E-state index contributed by atoms with van der Waals surface area (Å²) in [5.41, 5.74) is 2.44. The van der Waals surface area contributed by atoms with E-state index in [-0.39, 0.29) is 11.7 Å². The monoisotopic (exact) mass is 244 g/mol. The zero-order chi connectivity index (χ0) is 12.4. The van der Waals surface area contributed by atoms with Gasteiger partial charge in [-0.1, -0.05) is 43.7 Å². The number of carbonyl (C=O) groups is 1. The first-order valence-corrected chi connectivity index (χ1v) is 6.60. The minimum absolute atomic E-state index is 0.0690. The van der Waals surface area contributed by atoms with Gasteiger partial charge in [0.15, 0.2) is 5.78 Å². The van der Waals surface area contributed by atoms with Crippen LogP contribution in [0.1, 0.15) is 29.1 Å². The van der Waals surface area contributed by atoms with Crippen molar-refractivity contribution in [1.82, 2.24) is 0 Å². The third kappa shape index (κ3) is 2.64. The second-order valence-corrected chi connectivity index (χ2v) is 5.63. The molecule has 1 aromatic heterocycles. The van der Waals surface area contributed by atoms with Crippen molar-refractivity contribution < 1.29 is 4.79 Å². The molecular formula is C15H16OS. The second kappa shape index (κ2) is 4.84. The van der Waals surface area contributed by atoms with E-state index < -0.39 is 0 Å². The second-order valence-electron chi connectivity index (χ2n) is 4.55. The molecule has 0 fully saturated rings. The molecule has 0 aliphatic heterocycles. The first kappa shape index (κ1) is 12.1. The van der Waals surface area contributed by atoms with Crippen LogP contribution < -0.4 is 0 Å². The summed E-state index contributed by atoms with van der Waals surface area (Å²) in [5.74, 6) is 0.299. The van der Waals surface area contributed by atoms with Crippen LogP contribution in [0.3, 0.4) is 0 Å². The number of benzene rings is 1. The number of Topliss-reactive ketones (excluding diaryl/α,β-unsaturated/α-hetero) is 1. The molecule has 0 unspecified atom stereocenters. The Morgan fingerprint density at radius 3 is 2.29 bits per heavy atom. The van der Waals surface area contributed by atoms with Crippen LogP contribution in [0.5, 0.6) is 0 Å². The third-order valence-electron chi connectivity index (χ3n) is 2.71. The Morgan fingerprint density at radius 1 is 1.06 bits per heavy atom. The lowest BCUT2D eigenvalue weighted by Gasteiger charge is -2.00. The van der Waals surface area contributed by atoms with E-state index in [9.17, 15) is 4.79 Å². The summed E-state index contributed by atoms with van der Waals surface area (Å²) in [5, 5.41) is 0. The maximum absolute atomic E-state index is 11.9. The molecule has 2 aromatic rings. The largest absolute Gasteiger partial charge is 0.293 e. The summed E-state index contributed by atoms with van der Waals surface area (Å²) >= 11 is 1.58. The zero-order valence-electron chi connectivity index (χ0n) is 10.4. The Kier molecular flexibility index (Phi) is 3.43. The predicted molar refractivity (Wildman–Crippen MR) is 73.7 cm³/mol. The van der Waals surface area contributed by atoms with Crippen LogP contribution in [-0.4, -0.2) is 5.78 Å². The Bertz CT molecular complexity index is 520. The predicted octanol–water partition coefficient (Wildman–Crippen LogP) is 4.56. The molecule has 2 heteroatoms. The van der Waals surface area contributed by atoms with E-state index in [1.165, 1.54) is 11.1 Å². The number of hydrogen-bond acceptors (Lipinski definition) is 2. The molecule has 0 amide bonds. The molecule has 88 valence electrons. The lowest BCUT2D eigenvalue weighted by Crippen LogP contribution is -2.04. The van der Waals surface area contributed by atoms with Crippen LogP contribution in [0, 0.1) is 12.8 Å². The van der Waals surface area contributed by atoms with E-state index in [2.05, 4.69) is 31.2 Å². The van der Waals surface area contributed by atoms with Crippen molar-refractivity contribution in [1.29, 1.82) is 0 Å². The molecule has 1 heterocycles. The van der Waals surface area contributed by atoms with Gasteiger partial charge in [0.05, 0.1) is 4.88 Å². The van der Waals surface area contributed by atoms with Gasteiger partial charge in [-0.3, -0.25) is 4.79 Å². The topological polar surface area (TPSA) is 17.1 Å². The van der Waals surface area contributed by atoms with Gasteiger partial charge < -0.3 is 0 Å². The van der Waals surface area contributed by atoms with E-state index in [0.717, 1.165) is 9.75 Å². The number of hydrogen-bond donors (Lipinski definition) is 0. The molecule has 0 N–H and O–H groups in total. The van der Waals surface area contributed by atoms with Crippen molar-refractivity contribution in [3.63, 3.8) is 0 Å². The minimum atomic E-state index is 0.0690. The average molecular weight is 244 g/mol. The van der Waals surface area contributed by atoms with Crippen LogP contribution >= 0.6 is 11.3 Å². The number of thiophene rings is 1. The van der Waals surface area contributed by atoms with Gasteiger partial charge in [0, 0.05) is 10.8 Å². The lowest BCUT2D eigenvalue weighted by molar-refractivity contribution is 0.0943. The highest BCUT2D eigenvalue weighted by Gasteiger charge is 2.13. The highest BCUT2D eigenvalue weighted by Crippen LogP contribution is 2.29. The molecule has 0 radical (unpaired) electrons. The Hall–Kier alpha value is -1.41. The van der Waals surface area contributed by atoms with Crippen molar-refractivity contribution >= 4 is 17.1 Å². The Labute approximate surface area is 106 Å². The highest BCUT2D eigenvalue weighted by molar-refractivity contribution is 7.17. The van der Waals surface area contributed by atoms with E-state index in [0.29, 0.717) is 0 Å². The summed E-state index contributed by atoms with van der Waals surface area (Å²) in [7, 11) is 0. The van der Waals surface area contributed by atoms with Crippen LogP contribution in [0.2, 0.25) is 0 Å². The van der Waals surface area contributed by atoms with Gasteiger partial charge in [0.25, 0.3) is 0 Å². The van der Waals surface area contributed by atoms with Gasteiger partial charge in [-0.05, 0) is 24.6 Å². The number of ketones is 1.